The summed E-state index contributed by atoms with van der Waals surface area (Å²) >= 11 is 1.22. The van der Waals surface area contributed by atoms with Crippen LogP contribution in [0.2, 0.25) is 0 Å². The Morgan fingerprint density at radius 1 is 1.24 bits per heavy atom. The van der Waals surface area contributed by atoms with Crippen LogP contribution in [0.25, 0.3) is 11.3 Å². The van der Waals surface area contributed by atoms with Crippen LogP contribution < -0.4 is 26.5 Å². The van der Waals surface area contributed by atoms with Crippen molar-refractivity contribution in [3.63, 3.8) is 0 Å². The number of anilines is 1. The third-order valence-corrected chi connectivity index (χ3v) is 6.67. The van der Waals surface area contributed by atoms with Crippen LogP contribution in [0.4, 0.5) is 5.82 Å². The number of Topliss-reactive ketones (excluding diaryl/α,β-unsaturated/α-hetero) is 1. The van der Waals surface area contributed by atoms with Crippen molar-refractivity contribution in [2.75, 3.05) is 24.7 Å². The number of nitrogens with zero attached hydrogens (tertiary/aromatic N) is 3. The van der Waals surface area contributed by atoms with Gasteiger partial charge in [0, 0.05) is 18.2 Å². The van der Waals surface area contributed by atoms with Crippen molar-refractivity contribution >= 4 is 23.4 Å². The van der Waals surface area contributed by atoms with Crippen LogP contribution in [0.1, 0.15) is 36.2 Å². The third-order valence-electron chi connectivity index (χ3n) is 5.68. The van der Waals surface area contributed by atoms with E-state index < -0.39 is 17.0 Å². The second-order valence-electron chi connectivity index (χ2n) is 7.86. The summed E-state index contributed by atoms with van der Waals surface area (Å²) in [7, 11) is 0. The standard InChI is InChI=1S/C22H23N5O5S/c1-2-26-14(12-3-6-16-17(9-12)32-8-7-31-16)10-24-22(26)33-11-15(28)18-19(23)27(13-4-5-13)21(30)25-20(18)29/h3,6,9-10,13H,2,4-5,7-8,11,23H2,1H3,(H,25,29,30). The van der Waals surface area contributed by atoms with Gasteiger partial charge in [-0.25, -0.2) is 9.78 Å². The van der Waals surface area contributed by atoms with E-state index in [-0.39, 0.29) is 23.2 Å². The molecule has 3 N–H and O–H groups in total. The number of hydrogen-bond acceptors (Lipinski definition) is 8. The topological polar surface area (TPSA) is 134 Å². The van der Waals surface area contributed by atoms with Gasteiger partial charge < -0.3 is 19.8 Å². The Hall–Kier alpha value is -3.47. The number of nitrogens with two attached hydrogens (primary N) is 1. The number of imidazole rings is 1. The Kier molecular flexibility index (Phi) is 5.49. The molecule has 0 atom stereocenters. The molecule has 0 spiro atoms. The van der Waals surface area contributed by atoms with Crippen LogP contribution in [0.3, 0.4) is 0 Å². The zero-order chi connectivity index (χ0) is 23.1. The minimum Gasteiger partial charge on any atom is -0.486 e. The van der Waals surface area contributed by atoms with Crippen molar-refractivity contribution in [1.29, 1.82) is 0 Å². The van der Waals surface area contributed by atoms with Crippen molar-refractivity contribution in [3.05, 3.63) is 50.8 Å². The molecule has 33 heavy (non-hydrogen) atoms. The molecule has 0 bridgehead atoms. The Labute approximate surface area is 192 Å². The number of hydrogen-bond donors (Lipinski definition) is 2. The zero-order valence-corrected chi connectivity index (χ0v) is 18.8. The number of aromatic amines is 1. The maximum absolute atomic E-state index is 12.9. The second kappa shape index (κ2) is 8.47. The van der Waals surface area contributed by atoms with Gasteiger partial charge in [-0.15, -0.1) is 0 Å². The lowest BCUT2D eigenvalue weighted by molar-refractivity contribution is 0.102. The lowest BCUT2D eigenvalue weighted by atomic mass is 10.1. The molecular weight excluding hydrogens is 446 g/mol. The van der Waals surface area contributed by atoms with Gasteiger partial charge in [0.05, 0.1) is 17.6 Å². The number of nitrogen functional groups attached to an aromatic ring is 1. The Morgan fingerprint density at radius 3 is 2.73 bits per heavy atom. The predicted molar refractivity (Wildman–Crippen MR) is 123 cm³/mol. The summed E-state index contributed by atoms with van der Waals surface area (Å²) in [6.45, 7) is 3.65. The normalized spacial score (nSPS) is 14.9. The predicted octanol–water partition coefficient (Wildman–Crippen LogP) is 2.08. The van der Waals surface area contributed by atoms with Gasteiger partial charge in [-0.2, -0.15) is 0 Å². The molecule has 11 heteroatoms. The molecule has 0 radical (unpaired) electrons. The van der Waals surface area contributed by atoms with E-state index in [4.69, 9.17) is 15.2 Å². The van der Waals surface area contributed by atoms with Crippen molar-refractivity contribution in [3.8, 4) is 22.8 Å². The highest BCUT2D eigenvalue weighted by molar-refractivity contribution is 7.99. The van der Waals surface area contributed by atoms with Crippen molar-refractivity contribution in [1.82, 2.24) is 19.1 Å². The second-order valence-corrected chi connectivity index (χ2v) is 8.80. The molecule has 1 aliphatic heterocycles. The van der Waals surface area contributed by atoms with Crippen LogP contribution in [0.5, 0.6) is 11.5 Å². The fraction of sp³-hybridized carbons (Fsp3) is 0.364. The van der Waals surface area contributed by atoms with E-state index >= 15 is 0 Å². The van der Waals surface area contributed by atoms with E-state index in [9.17, 15) is 14.4 Å². The van der Waals surface area contributed by atoms with Gasteiger partial charge in [-0.3, -0.25) is 19.1 Å². The maximum Gasteiger partial charge on any atom is 0.330 e. The molecule has 1 aliphatic carbocycles. The maximum atomic E-state index is 12.9. The first-order valence-corrected chi connectivity index (χ1v) is 11.7. The molecule has 2 aliphatic rings. The molecule has 0 saturated heterocycles. The molecule has 3 aromatic rings. The average Bonchev–Trinajstić information content (AvgIpc) is 3.54. The van der Waals surface area contributed by atoms with Gasteiger partial charge in [0.15, 0.2) is 22.4 Å². The number of thioether (sulfide) groups is 1. The number of ether oxygens (including phenoxy) is 2. The first-order chi connectivity index (χ1) is 16.0. The molecule has 0 unspecified atom stereocenters. The molecule has 1 aromatic carbocycles. The number of benzene rings is 1. The number of fused-ring (bicyclic) bond motifs is 1. The van der Waals surface area contributed by atoms with Crippen molar-refractivity contribution in [2.45, 2.75) is 37.5 Å². The number of nitrogens with one attached hydrogen (secondary N) is 1. The Balaban J connectivity index is 1.39. The number of aromatic nitrogens is 4. The summed E-state index contributed by atoms with van der Waals surface area (Å²) in [4.78, 5) is 44.0. The minimum atomic E-state index is -0.754. The number of carbonyl (C=O) groups is 1. The van der Waals surface area contributed by atoms with Crippen LogP contribution in [0.15, 0.2) is 39.1 Å². The third kappa shape index (κ3) is 3.92. The number of carbonyl (C=O) groups excluding carboxylic acids is 1. The summed E-state index contributed by atoms with van der Waals surface area (Å²) in [6, 6.07) is 5.67. The highest BCUT2D eigenvalue weighted by Gasteiger charge is 2.30. The summed E-state index contributed by atoms with van der Waals surface area (Å²) in [5.74, 6) is 0.858. The summed E-state index contributed by atoms with van der Waals surface area (Å²) in [6.07, 6.45) is 3.35. The first kappa shape index (κ1) is 21.4. The molecule has 0 amide bonds. The van der Waals surface area contributed by atoms with Gasteiger partial charge in [0.25, 0.3) is 5.56 Å². The smallest absolute Gasteiger partial charge is 0.330 e. The average molecular weight is 470 g/mol. The molecule has 3 heterocycles. The van der Waals surface area contributed by atoms with E-state index in [2.05, 4.69) is 9.97 Å². The molecule has 1 fully saturated rings. The highest BCUT2D eigenvalue weighted by Crippen LogP contribution is 2.37. The summed E-state index contributed by atoms with van der Waals surface area (Å²) < 4.78 is 14.6. The lowest BCUT2D eigenvalue weighted by Gasteiger charge is -2.19. The monoisotopic (exact) mass is 469 g/mol. The van der Waals surface area contributed by atoms with Gasteiger partial charge in [0.1, 0.15) is 24.6 Å². The molecular formula is C22H23N5O5S. The van der Waals surface area contributed by atoms with Gasteiger partial charge in [-0.05, 0) is 38.0 Å². The summed E-state index contributed by atoms with van der Waals surface area (Å²) in [5.41, 5.74) is 6.36. The molecule has 10 nitrogen and oxygen atoms in total. The van der Waals surface area contributed by atoms with E-state index in [1.165, 1.54) is 16.3 Å². The fourth-order valence-electron chi connectivity index (χ4n) is 3.95. The van der Waals surface area contributed by atoms with Gasteiger partial charge in [-0.1, -0.05) is 11.8 Å². The Bertz CT molecular complexity index is 1350. The first-order valence-electron chi connectivity index (χ1n) is 10.7. The molecule has 172 valence electrons. The quantitative estimate of drug-likeness (QED) is 0.397. The molecule has 5 rings (SSSR count). The highest BCUT2D eigenvalue weighted by atomic mass is 32.2. The van der Waals surface area contributed by atoms with E-state index in [0.717, 1.165) is 24.1 Å². The number of H-pyrrole nitrogens is 1. The van der Waals surface area contributed by atoms with Crippen LogP contribution in [-0.4, -0.2) is 43.9 Å². The van der Waals surface area contributed by atoms with E-state index in [1.54, 1.807) is 6.20 Å². The van der Waals surface area contributed by atoms with Gasteiger partial charge in [0.2, 0.25) is 0 Å². The largest absolute Gasteiger partial charge is 0.486 e. The lowest BCUT2D eigenvalue weighted by Crippen LogP contribution is -2.36. The Morgan fingerprint density at radius 2 is 2.00 bits per heavy atom. The van der Waals surface area contributed by atoms with Gasteiger partial charge >= 0.3 is 5.69 Å². The molecule has 2 aromatic heterocycles. The zero-order valence-electron chi connectivity index (χ0n) is 18.0. The van der Waals surface area contributed by atoms with Crippen molar-refractivity contribution < 1.29 is 14.3 Å². The van der Waals surface area contributed by atoms with E-state index in [0.29, 0.717) is 36.4 Å². The SMILES string of the molecule is CCn1c(-c2ccc3c(c2)OCCO3)cnc1SCC(=O)c1c(N)n(C2CC2)c(=O)[nH]c1=O. The van der Waals surface area contributed by atoms with Crippen LogP contribution in [-0.2, 0) is 6.54 Å². The molecule has 1 saturated carbocycles. The number of rotatable bonds is 7. The van der Waals surface area contributed by atoms with E-state index in [1.807, 2.05) is 29.7 Å². The number of ketones is 1. The minimum absolute atomic E-state index is 0.0340. The van der Waals surface area contributed by atoms with Crippen molar-refractivity contribution in [2.24, 2.45) is 0 Å². The van der Waals surface area contributed by atoms with Crippen LogP contribution >= 0.6 is 11.8 Å². The fourth-order valence-corrected chi connectivity index (χ4v) is 4.86. The van der Waals surface area contributed by atoms with Crippen LogP contribution in [0, 0.1) is 0 Å². The summed E-state index contributed by atoms with van der Waals surface area (Å²) in [5, 5.41) is 0.640.